The predicted octanol–water partition coefficient (Wildman–Crippen LogP) is 2.34. The third-order valence-corrected chi connectivity index (χ3v) is 7.41. The number of aryl methyl sites for hydroxylation is 1. The van der Waals surface area contributed by atoms with Gasteiger partial charge in [-0.1, -0.05) is 0 Å². The van der Waals surface area contributed by atoms with Gasteiger partial charge in [0, 0.05) is 43.4 Å². The predicted molar refractivity (Wildman–Crippen MR) is 133 cm³/mol. The van der Waals surface area contributed by atoms with E-state index >= 15 is 0 Å². The molecule has 2 aliphatic heterocycles. The van der Waals surface area contributed by atoms with Gasteiger partial charge in [0.2, 0.25) is 5.95 Å². The van der Waals surface area contributed by atoms with E-state index in [2.05, 4.69) is 31.6 Å². The van der Waals surface area contributed by atoms with Gasteiger partial charge in [0.25, 0.3) is 5.56 Å². The normalized spacial score (nSPS) is 21.0. The van der Waals surface area contributed by atoms with E-state index in [1.165, 1.54) is 19.8 Å². The van der Waals surface area contributed by atoms with E-state index in [9.17, 15) is 9.59 Å². The minimum Gasteiger partial charge on any atom is -0.379 e. The van der Waals surface area contributed by atoms with Gasteiger partial charge >= 0.3 is 0 Å². The van der Waals surface area contributed by atoms with Crippen LogP contribution in [0.4, 0.5) is 17.5 Å². The molecular weight excluding hydrogens is 446 g/mol. The lowest BCUT2D eigenvalue weighted by atomic mass is 10.0. The average molecular weight is 476 g/mol. The molecule has 3 fully saturated rings. The summed E-state index contributed by atoms with van der Waals surface area (Å²) in [5, 5.41) is 7.48. The van der Waals surface area contributed by atoms with Crippen molar-refractivity contribution in [2.24, 2.45) is 0 Å². The highest BCUT2D eigenvalue weighted by atomic mass is 16.5. The molecule has 10 nitrogen and oxygen atoms in total. The molecule has 0 bridgehead atoms. The SMILES string of the molecule is CC(=O)c1c(C)c2cnc(Nc3ccc(N4CCNC5(CC5)C4)cn3)nc2n(C2CCOC2)c1=O. The van der Waals surface area contributed by atoms with Gasteiger partial charge in [0.05, 0.1) is 30.1 Å². The molecule has 3 aromatic rings. The molecule has 3 aromatic heterocycles. The van der Waals surface area contributed by atoms with E-state index in [-0.39, 0.29) is 22.9 Å². The number of Topliss-reactive ketones (excluding diaryl/α,β-unsaturated/α-hetero) is 1. The van der Waals surface area contributed by atoms with Gasteiger partial charge in [0.1, 0.15) is 11.5 Å². The minimum absolute atomic E-state index is 0.169. The van der Waals surface area contributed by atoms with Gasteiger partial charge in [-0.15, -0.1) is 0 Å². The number of piperazine rings is 1. The van der Waals surface area contributed by atoms with Crippen LogP contribution in [0.1, 0.15) is 48.1 Å². The molecule has 0 radical (unpaired) electrons. The van der Waals surface area contributed by atoms with Gasteiger partial charge in [-0.25, -0.2) is 9.97 Å². The Morgan fingerprint density at radius 2 is 2.11 bits per heavy atom. The molecule has 2 N–H and O–H groups in total. The Morgan fingerprint density at radius 1 is 1.26 bits per heavy atom. The van der Waals surface area contributed by atoms with Crippen molar-refractivity contribution in [2.45, 2.75) is 44.7 Å². The van der Waals surface area contributed by atoms with E-state index in [1.807, 2.05) is 12.3 Å². The number of fused-ring (bicyclic) bond motifs is 1. The fraction of sp³-hybridized carbons (Fsp3) is 0.480. The molecule has 35 heavy (non-hydrogen) atoms. The van der Waals surface area contributed by atoms with Crippen molar-refractivity contribution in [1.82, 2.24) is 24.8 Å². The second-order valence-electron chi connectivity index (χ2n) is 9.83. The Morgan fingerprint density at radius 3 is 2.80 bits per heavy atom. The van der Waals surface area contributed by atoms with Crippen molar-refractivity contribution in [3.63, 3.8) is 0 Å². The zero-order valence-corrected chi connectivity index (χ0v) is 20.0. The summed E-state index contributed by atoms with van der Waals surface area (Å²) < 4.78 is 7.13. The quantitative estimate of drug-likeness (QED) is 0.537. The molecule has 1 unspecified atom stereocenters. The highest BCUT2D eigenvalue weighted by molar-refractivity contribution is 5.99. The molecule has 1 saturated carbocycles. The van der Waals surface area contributed by atoms with Crippen LogP contribution >= 0.6 is 0 Å². The summed E-state index contributed by atoms with van der Waals surface area (Å²) in [4.78, 5) is 41.7. The zero-order valence-electron chi connectivity index (χ0n) is 20.0. The second kappa shape index (κ2) is 8.39. The topological polar surface area (TPSA) is 114 Å². The molecule has 5 heterocycles. The van der Waals surface area contributed by atoms with E-state index in [0.29, 0.717) is 53.5 Å². The highest BCUT2D eigenvalue weighted by Crippen LogP contribution is 2.38. The fourth-order valence-corrected chi connectivity index (χ4v) is 5.30. The lowest BCUT2D eigenvalue weighted by Crippen LogP contribution is -2.52. The van der Waals surface area contributed by atoms with Crippen LogP contribution in [0.5, 0.6) is 0 Å². The molecule has 1 aliphatic carbocycles. The van der Waals surface area contributed by atoms with Crippen LogP contribution in [0.2, 0.25) is 0 Å². The molecule has 182 valence electrons. The zero-order chi connectivity index (χ0) is 24.2. The third-order valence-electron chi connectivity index (χ3n) is 7.41. The van der Waals surface area contributed by atoms with Crippen molar-refractivity contribution in [1.29, 1.82) is 0 Å². The summed E-state index contributed by atoms with van der Waals surface area (Å²) in [6.45, 7) is 7.15. The van der Waals surface area contributed by atoms with Gasteiger partial charge in [0.15, 0.2) is 5.78 Å². The fourth-order valence-electron chi connectivity index (χ4n) is 5.30. The second-order valence-corrected chi connectivity index (χ2v) is 9.83. The van der Waals surface area contributed by atoms with Crippen molar-refractivity contribution in [3.8, 4) is 0 Å². The number of pyridine rings is 2. The maximum absolute atomic E-state index is 13.3. The summed E-state index contributed by atoms with van der Waals surface area (Å²) in [6, 6.07) is 3.82. The molecule has 3 aliphatic rings. The van der Waals surface area contributed by atoms with Crippen LogP contribution in [0.25, 0.3) is 11.0 Å². The molecule has 10 heteroatoms. The summed E-state index contributed by atoms with van der Waals surface area (Å²) in [5.41, 5.74) is 2.37. The van der Waals surface area contributed by atoms with Crippen LogP contribution in [0, 0.1) is 6.92 Å². The maximum atomic E-state index is 13.3. The Hall–Kier alpha value is -3.37. The molecule has 1 atom stereocenters. The van der Waals surface area contributed by atoms with E-state index in [4.69, 9.17) is 9.72 Å². The van der Waals surface area contributed by atoms with E-state index < -0.39 is 0 Å². The van der Waals surface area contributed by atoms with Crippen LogP contribution in [0.3, 0.4) is 0 Å². The van der Waals surface area contributed by atoms with Crippen LogP contribution in [-0.4, -0.2) is 63.7 Å². The van der Waals surface area contributed by atoms with Gasteiger partial charge in [-0.3, -0.25) is 14.2 Å². The monoisotopic (exact) mass is 475 g/mol. The first-order valence-corrected chi connectivity index (χ1v) is 12.2. The number of hydrogen-bond donors (Lipinski definition) is 2. The molecular formula is C25H29N7O3. The number of carbonyl (C=O) groups excluding carboxylic acids is 1. The first kappa shape index (κ1) is 22.1. The molecule has 2 saturated heterocycles. The van der Waals surface area contributed by atoms with E-state index in [0.717, 1.165) is 25.3 Å². The lowest BCUT2D eigenvalue weighted by Gasteiger charge is -2.35. The first-order chi connectivity index (χ1) is 16.9. The summed E-state index contributed by atoms with van der Waals surface area (Å²) >= 11 is 0. The van der Waals surface area contributed by atoms with Crippen LogP contribution < -0.4 is 21.1 Å². The van der Waals surface area contributed by atoms with Crippen molar-refractivity contribution in [2.75, 3.05) is 43.1 Å². The average Bonchev–Trinajstić information content (AvgIpc) is 3.35. The molecule has 6 rings (SSSR count). The Bertz CT molecular complexity index is 1360. The number of rotatable bonds is 5. The number of aromatic nitrogens is 4. The summed E-state index contributed by atoms with van der Waals surface area (Å²) in [6.07, 6.45) is 6.71. The Labute approximate surface area is 202 Å². The number of nitrogens with one attached hydrogen (secondary N) is 2. The maximum Gasteiger partial charge on any atom is 0.263 e. The molecule has 0 aromatic carbocycles. The number of hydrogen-bond acceptors (Lipinski definition) is 9. The van der Waals surface area contributed by atoms with Gasteiger partial charge in [-0.2, -0.15) is 4.98 Å². The third kappa shape index (κ3) is 3.96. The van der Waals surface area contributed by atoms with Gasteiger partial charge in [-0.05, 0) is 50.8 Å². The van der Waals surface area contributed by atoms with Crippen molar-refractivity contribution < 1.29 is 9.53 Å². The number of nitrogens with zero attached hydrogens (tertiary/aromatic N) is 5. The number of anilines is 3. The number of ether oxygens (including phenoxy) is 1. The molecule has 1 spiro atoms. The minimum atomic E-state index is -0.324. The summed E-state index contributed by atoms with van der Waals surface area (Å²) in [5.74, 6) is 0.712. The Kier molecular flexibility index (Phi) is 5.30. The van der Waals surface area contributed by atoms with Gasteiger partial charge < -0.3 is 20.3 Å². The van der Waals surface area contributed by atoms with E-state index in [1.54, 1.807) is 17.7 Å². The highest BCUT2D eigenvalue weighted by Gasteiger charge is 2.45. The van der Waals surface area contributed by atoms with Crippen LogP contribution in [0.15, 0.2) is 29.3 Å². The smallest absolute Gasteiger partial charge is 0.263 e. The number of carbonyl (C=O) groups is 1. The largest absolute Gasteiger partial charge is 0.379 e. The van der Waals surface area contributed by atoms with Crippen LogP contribution in [-0.2, 0) is 4.74 Å². The van der Waals surface area contributed by atoms with Crippen molar-refractivity contribution in [3.05, 3.63) is 46.0 Å². The molecule has 0 amide bonds. The Balaban J connectivity index is 1.32. The summed E-state index contributed by atoms with van der Waals surface area (Å²) in [7, 11) is 0. The number of ketones is 1. The lowest BCUT2D eigenvalue weighted by molar-refractivity contribution is 0.101. The standard InChI is InChI=1S/C25H29N7O3/c1-15-19-12-27-24(30-22(19)32(18-5-10-35-13-18)23(34)21(15)16(2)33)29-20-4-3-17(11-26-20)31-9-8-28-25(14-31)6-7-25/h3-4,11-12,18,28H,5-10,13-14H2,1-2H3,(H,26,27,29,30). The first-order valence-electron chi connectivity index (χ1n) is 12.2. The van der Waals surface area contributed by atoms with Crippen molar-refractivity contribution >= 4 is 34.3 Å².